The molecule has 0 saturated carbocycles. The molecule has 84 valence electrons. The number of aliphatic imine (C=N–C) groups is 1. The highest BCUT2D eigenvalue weighted by molar-refractivity contribution is 5.86. The van der Waals surface area contributed by atoms with Gasteiger partial charge >= 0.3 is 0 Å². The Morgan fingerprint density at radius 2 is 2.06 bits per heavy atom. The molecule has 0 fully saturated rings. The van der Waals surface area contributed by atoms with Crippen molar-refractivity contribution < 1.29 is 0 Å². The van der Waals surface area contributed by atoms with Crippen LogP contribution < -0.4 is 5.32 Å². The number of rotatable bonds is 4. The van der Waals surface area contributed by atoms with E-state index in [1.165, 1.54) is 0 Å². The Kier molecular flexibility index (Phi) is 5.03. The first-order valence-electron chi connectivity index (χ1n) is 5.15. The number of benzene rings is 1. The van der Waals surface area contributed by atoms with E-state index < -0.39 is 0 Å². The first-order valence-corrected chi connectivity index (χ1v) is 5.15. The first-order chi connectivity index (χ1) is 7.72. The molecule has 0 aliphatic rings. The molecule has 0 aliphatic heterocycles. The van der Waals surface area contributed by atoms with Gasteiger partial charge in [-0.3, -0.25) is 5.32 Å². The number of amidine groups is 1. The molecule has 1 aromatic carbocycles. The zero-order valence-corrected chi connectivity index (χ0v) is 9.64. The van der Waals surface area contributed by atoms with Crippen LogP contribution in [0, 0.1) is 11.5 Å². The highest BCUT2D eigenvalue weighted by Gasteiger charge is 2.00. The zero-order chi connectivity index (χ0) is 11.8. The van der Waals surface area contributed by atoms with Gasteiger partial charge in [-0.05, 0) is 26.2 Å². The van der Waals surface area contributed by atoms with Crippen molar-refractivity contribution in [3.05, 3.63) is 30.3 Å². The summed E-state index contributed by atoms with van der Waals surface area (Å²) in [5, 5.41) is 11.2. The van der Waals surface area contributed by atoms with E-state index in [1.54, 1.807) is 0 Å². The SMILES string of the molecule is CN(C)CCC(=Nc1ccccc1)NC#N. The average molecular weight is 216 g/mol. The van der Waals surface area contributed by atoms with Crippen molar-refractivity contribution in [2.45, 2.75) is 6.42 Å². The summed E-state index contributed by atoms with van der Waals surface area (Å²) in [6, 6.07) is 9.61. The highest BCUT2D eigenvalue weighted by Crippen LogP contribution is 2.10. The molecule has 0 aromatic heterocycles. The third kappa shape index (κ3) is 4.58. The van der Waals surface area contributed by atoms with Crippen molar-refractivity contribution >= 4 is 11.5 Å². The highest BCUT2D eigenvalue weighted by atomic mass is 15.1. The van der Waals surface area contributed by atoms with Gasteiger partial charge < -0.3 is 4.90 Å². The van der Waals surface area contributed by atoms with Crippen LogP contribution in [0.4, 0.5) is 5.69 Å². The fourth-order valence-corrected chi connectivity index (χ4v) is 1.20. The van der Waals surface area contributed by atoms with Gasteiger partial charge in [-0.2, -0.15) is 5.26 Å². The molecule has 0 bridgehead atoms. The maximum Gasteiger partial charge on any atom is 0.182 e. The summed E-state index contributed by atoms with van der Waals surface area (Å²) in [6.45, 7) is 0.861. The monoisotopic (exact) mass is 216 g/mol. The van der Waals surface area contributed by atoms with Crippen LogP contribution in [0.15, 0.2) is 35.3 Å². The minimum Gasteiger partial charge on any atom is -0.309 e. The summed E-state index contributed by atoms with van der Waals surface area (Å²) in [5.41, 5.74) is 0.860. The second-order valence-corrected chi connectivity index (χ2v) is 3.68. The van der Waals surface area contributed by atoms with Crippen LogP contribution >= 0.6 is 0 Å². The lowest BCUT2D eigenvalue weighted by Crippen LogP contribution is -2.24. The molecule has 1 aromatic rings. The Labute approximate surface area is 96.2 Å². The van der Waals surface area contributed by atoms with Gasteiger partial charge in [0.2, 0.25) is 0 Å². The molecule has 16 heavy (non-hydrogen) atoms. The molecule has 4 nitrogen and oxygen atoms in total. The topological polar surface area (TPSA) is 51.4 Å². The fraction of sp³-hybridized carbons (Fsp3) is 0.333. The minimum atomic E-state index is 0.697. The Bertz CT molecular complexity index is 376. The zero-order valence-electron chi connectivity index (χ0n) is 9.64. The summed E-state index contributed by atoms with van der Waals surface area (Å²) in [4.78, 5) is 6.43. The molecule has 0 unspecified atom stereocenters. The number of nitriles is 1. The van der Waals surface area contributed by atoms with E-state index in [4.69, 9.17) is 5.26 Å². The van der Waals surface area contributed by atoms with Gasteiger partial charge in [-0.1, -0.05) is 18.2 Å². The summed E-state index contributed by atoms with van der Waals surface area (Å²) in [5.74, 6) is 0.697. The van der Waals surface area contributed by atoms with Crippen LogP contribution in [0.5, 0.6) is 0 Å². The lowest BCUT2D eigenvalue weighted by Gasteiger charge is -2.09. The minimum absolute atomic E-state index is 0.697. The largest absolute Gasteiger partial charge is 0.309 e. The molecule has 0 atom stereocenters. The van der Waals surface area contributed by atoms with Crippen LogP contribution in [0.2, 0.25) is 0 Å². The van der Waals surface area contributed by atoms with Gasteiger partial charge in [0.25, 0.3) is 0 Å². The van der Waals surface area contributed by atoms with Crippen molar-refractivity contribution in [2.24, 2.45) is 4.99 Å². The van der Waals surface area contributed by atoms with Gasteiger partial charge in [0, 0.05) is 13.0 Å². The fourth-order valence-electron chi connectivity index (χ4n) is 1.20. The Morgan fingerprint density at radius 3 is 2.62 bits per heavy atom. The van der Waals surface area contributed by atoms with E-state index in [0.717, 1.165) is 18.7 Å². The van der Waals surface area contributed by atoms with E-state index in [1.807, 2.05) is 50.6 Å². The van der Waals surface area contributed by atoms with E-state index in [-0.39, 0.29) is 0 Å². The predicted molar refractivity (Wildman–Crippen MR) is 65.5 cm³/mol. The van der Waals surface area contributed by atoms with Crippen LogP contribution in [-0.4, -0.2) is 31.4 Å². The van der Waals surface area contributed by atoms with E-state index in [2.05, 4.69) is 15.2 Å². The Morgan fingerprint density at radius 1 is 1.38 bits per heavy atom. The summed E-state index contributed by atoms with van der Waals surface area (Å²) >= 11 is 0. The van der Waals surface area contributed by atoms with Gasteiger partial charge in [-0.15, -0.1) is 0 Å². The molecule has 0 aliphatic carbocycles. The smallest absolute Gasteiger partial charge is 0.182 e. The van der Waals surface area contributed by atoms with Crippen molar-refractivity contribution in [3.63, 3.8) is 0 Å². The lowest BCUT2D eigenvalue weighted by molar-refractivity contribution is 0.421. The van der Waals surface area contributed by atoms with E-state index >= 15 is 0 Å². The molecule has 1 rings (SSSR count). The van der Waals surface area contributed by atoms with E-state index in [0.29, 0.717) is 5.84 Å². The molecule has 0 amide bonds. The summed E-state index contributed by atoms with van der Waals surface area (Å²) < 4.78 is 0. The quantitative estimate of drug-likeness (QED) is 0.361. The molecular formula is C12H16N4. The number of para-hydroxylation sites is 1. The van der Waals surface area contributed by atoms with Gasteiger partial charge in [0.1, 0.15) is 5.84 Å². The Hall–Kier alpha value is -1.86. The lowest BCUT2D eigenvalue weighted by atomic mass is 10.3. The second kappa shape index (κ2) is 6.59. The van der Waals surface area contributed by atoms with Crippen molar-refractivity contribution in [1.82, 2.24) is 10.2 Å². The Balaban J connectivity index is 2.70. The first kappa shape index (κ1) is 12.2. The van der Waals surface area contributed by atoms with Crippen molar-refractivity contribution in [1.29, 1.82) is 5.26 Å². The predicted octanol–water partition coefficient (Wildman–Crippen LogP) is 1.74. The molecule has 4 heteroatoms. The van der Waals surface area contributed by atoms with E-state index in [9.17, 15) is 0 Å². The van der Waals surface area contributed by atoms with Gasteiger partial charge in [0.15, 0.2) is 6.19 Å². The standard InChI is InChI=1S/C12H16N4/c1-16(2)9-8-12(14-10-13)15-11-6-4-3-5-7-11/h3-7H,8-9H2,1-2H3,(H,14,15). The molecule has 0 saturated heterocycles. The molecule has 1 N–H and O–H groups in total. The third-order valence-electron chi connectivity index (χ3n) is 2.02. The molecule has 0 spiro atoms. The molecule has 0 heterocycles. The van der Waals surface area contributed by atoms with Crippen LogP contribution in [0.1, 0.15) is 6.42 Å². The van der Waals surface area contributed by atoms with Gasteiger partial charge in [-0.25, -0.2) is 4.99 Å². The van der Waals surface area contributed by atoms with Crippen molar-refractivity contribution in [3.8, 4) is 6.19 Å². The number of nitrogens with one attached hydrogen (secondary N) is 1. The molecular weight excluding hydrogens is 200 g/mol. The normalized spacial score (nSPS) is 11.2. The number of nitrogens with zero attached hydrogens (tertiary/aromatic N) is 3. The van der Waals surface area contributed by atoms with Gasteiger partial charge in [0.05, 0.1) is 5.69 Å². The number of hydrogen-bond donors (Lipinski definition) is 1. The van der Waals surface area contributed by atoms with Crippen LogP contribution in [0.25, 0.3) is 0 Å². The summed E-state index contributed by atoms with van der Waals surface area (Å²) in [6.07, 6.45) is 2.64. The maximum absolute atomic E-state index is 8.62. The maximum atomic E-state index is 8.62. The second-order valence-electron chi connectivity index (χ2n) is 3.68. The third-order valence-corrected chi connectivity index (χ3v) is 2.02. The average Bonchev–Trinajstić information content (AvgIpc) is 2.27. The number of hydrogen-bond acceptors (Lipinski definition) is 3. The van der Waals surface area contributed by atoms with Crippen molar-refractivity contribution in [2.75, 3.05) is 20.6 Å². The van der Waals surface area contributed by atoms with Crippen LogP contribution in [-0.2, 0) is 0 Å². The summed E-state index contributed by atoms with van der Waals surface area (Å²) in [7, 11) is 3.99. The molecule has 0 radical (unpaired) electrons. The van der Waals surface area contributed by atoms with Crippen LogP contribution in [0.3, 0.4) is 0 Å².